The van der Waals surface area contributed by atoms with E-state index in [2.05, 4.69) is 12.2 Å². The first kappa shape index (κ1) is 18.1. The molecule has 0 spiro atoms. The molecule has 4 nitrogen and oxygen atoms in total. The maximum Gasteiger partial charge on any atom is 0.0914 e. The van der Waals surface area contributed by atoms with Crippen LogP contribution in [0.1, 0.15) is 44.3 Å². The minimum Gasteiger partial charge on any atom is -0.389 e. The molecule has 1 rings (SSSR count). The summed E-state index contributed by atoms with van der Waals surface area (Å²) < 4.78 is 5.43. The summed E-state index contributed by atoms with van der Waals surface area (Å²) in [6.07, 6.45) is 3.63. The van der Waals surface area contributed by atoms with E-state index in [9.17, 15) is 10.2 Å². The van der Waals surface area contributed by atoms with Crippen LogP contribution in [-0.2, 0) is 4.74 Å². The van der Waals surface area contributed by atoms with Gasteiger partial charge in [-0.25, -0.2) is 0 Å². The molecule has 0 aliphatic rings. The third-order valence-corrected chi connectivity index (χ3v) is 3.35. The fourth-order valence-corrected chi connectivity index (χ4v) is 2.09. The zero-order chi connectivity index (χ0) is 15.3. The topological polar surface area (TPSA) is 61.7 Å². The van der Waals surface area contributed by atoms with Crippen LogP contribution in [0, 0.1) is 0 Å². The first-order valence-corrected chi connectivity index (χ1v) is 7.93. The van der Waals surface area contributed by atoms with Gasteiger partial charge in [0.05, 0.1) is 18.8 Å². The Balaban J connectivity index is 2.01. The summed E-state index contributed by atoms with van der Waals surface area (Å²) in [4.78, 5) is 0. The Morgan fingerprint density at radius 1 is 1.05 bits per heavy atom. The molecule has 1 aromatic rings. The molecular formula is C17H29NO3. The van der Waals surface area contributed by atoms with Crippen LogP contribution >= 0.6 is 0 Å². The van der Waals surface area contributed by atoms with E-state index in [0.29, 0.717) is 26.3 Å². The van der Waals surface area contributed by atoms with Gasteiger partial charge >= 0.3 is 0 Å². The van der Waals surface area contributed by atoms with Crippen molar-refractivity contribution in [3.8, 4) is 0 Å². The quantitative estimate of drug-likeness (QED) is 0.518. The number of aliphatic hydroxyl groups is 2. The molecule has 0 fully saturated rings. The van der Waals surface area contributed by atoms with Crippen molar-refractivity contribution in [2.24, 2.45) is 0 Å². The normalized spacial score (nSPS) is 14.0. The van der Waals surface area contributed by atoms with Gasteiger partial charge in [-0.2, -0.15) is 0 Å². The predicted molar refractivity (Wildman–Crippen MR) is 85.2 cm³/mol. The minimum atomic E-state index is -0.548. The zero-order valence-electron chi connectivity index (χ0n) is 13.0. The SMILES string of the molecule is CCCCCCOCC(O)CNCC(O)c1ccccc1. The molecule has 0 radical (unpaired) electrons. The molecule has 1 aromatic carbocycles. The average Bonchev–Trinajstić information content (AvgIpc) is 2.51. The van der Waals surface area contributed by atoms with Crippen LogP contribution in [0.25, 0.3) is 0 Å². The number of benzene rings is 1. The Morgan fingerprint density at radius 2 is 1.81 bits per heavy atom. The van der Waals surface area contributed by atoms with E-state index in [1.54, 1.807) is 0 Å². The van der Waals surface area contributed by atoms with Crippen LogP contribution in [0.2, 0.25) is 0 Å². The Morgan fingerprint density at radius 3 is 2.52 bits per heavy atom. The van der Waals surface area contributed by atoms with Gasteiger partial charge in [-0.15, -0.1) is 0 Å². The van der Waals surface area contributed by atoms with Gasteiger partial charge < -0.3 is 20.3 Å². The van der Waals surface area contributed by atoms with E-state index in [-0.39, 0.29) is 0 Å². The van der Waals surface area contributed by atoms with Gasteiger partial charge in [-0.05, 0) is 12.0 Å². The van der Waals surface area contributed by atoms with Crippen molar-refractivity contribution in [1.82, 2.24) is 5.32 Å². The molecule has 0 bridgehead atoms. The number of unbranched alkanes of at least 4 members (excludes halogenated alkanes) is 3. The Kier molecular flexibility index (Phi) is 10.1. The largest absolute Gasteiger partial charge is 0.389 e. The molecular weight excluding hydrogens is 266 g/mol. The summed E-state index contributed by atoms with van der Waals surface area (Å²) in [6.45, 7) is 4.10. The van der Waals surface area contributed by atoms with Gasteiger partial charge in [0.1, 0.15) is 0 Å². The number of aliphatic hydroxyl groups excluding tert-OH is 2. The molecule has 0 heterocycles. The van der Waals surface area contributed by atoms with Gasteiger partial charge in [0.15, 0.2) is 0 Å². The lowest BCUT2D eigenvalue weighted by molar-refractivity contribution is 0.0338. The lowest BCUT2D eigenvalue weighted by Gasteiger charge is -2.15. The van der Waals surface area contributed by atoms with Gasteiger partial charge in [0, 0.05) is 19.7 Å². The Labute approximate surface area is 128 Å². The molecule has 0 saturated heterocycles. The van der Waals surface area contributed by atoms with Gasteiger partial charge in [-0.3, -0.25) is 0 Å². The van der Waals surface area contributed by atoms with E-state index in [1.165, 1.54) is 19.3 Å². The van der Waals surface area contributed by atoms with E-state index < -0.39 is 12.2 Å². The van der Waals surface area contributed by atoms with Crippen molar-refractivity contribution in [3.05, 3.63) is 35.9 Å². The van der Waals surface area contributed by atoms with Gasteiger partial charge in [0.2, 0.25) is 0 Å². The highest BCUT2D eigenvalue weighted by molar-refractivity contribution is 5.17. The lowest BCUT2D eigenvalue weighted by Crippen LogP contribution is -2.33. The second-order valence-electron chi connectivity index (χ2n) is 5.37. The van der Waals surface area contributed by atoms with Crippen LogP contribution in [-0.4, -0.2) is 42.6 Å². The number of ether oxygens (including phenoxy) is 1. The van der Waals surface area contributed by atoms with Crippen LogP contribution in [0.3, 0.4) is 0 Å². The molecule has 0 aliphatic heterocycles. The molecule has 0 saturated carbocycles. The molecule has 0 aromatic heterocycles. The van der Waals surface area contributed by atoms with Crippen LogP contribution in [0.4, 0.5) is 0 Å². The van der Waals surface area contributed by atoms with E-state index in [1.807, 2.05) is 30.3 Å². The third-order valence-electron chi connectivity index (χ3n) is 3.35. The predicted octanol–water partition coefficient (Wildman–Crippen LogP) is 2.27. The summed E-state index contributed by atoms with van der Waals surface area (Å²) in [5.41, 5.74) is 0.881. The molecule has 21 heavy (non-hydrogen) atoms. The van der Waals surface area contributed by atoms with Gasteiger partial charge in [-0.1, -0.05) is 56.5 Å². The second kappa shape index (κ2) is 11.7. The standard InChI is InChI=1S/C17H29NO3/c1-2-3-4-8-11-21-14-16(19)12-18-13-17(20)15-9-6-5-7-10-15/h5-7,9-10,16-20H,2-4,8,11-14H2,1H3. The maximum absolute atomic E-state index is 9.95. The van der Waals surface area contributed by atoms with Crippen LogP contribution < -0.4 is 5.32 Å². The average molecular weight is 295 g/mol. The van der Waals surface area contributed by atoms with Crippen molar-refractivity contribution >= 4 is 0 Å². The highest BCUT2D eigenvalue weighted by atomic mass is 16.5. The summed E-state index contributed by atoms with van der Waals surface area (Å²) in [6, 6.07) is 9.51. The number of hydrogen-bond donors (Lipinski definition) is 3. The van der Waals surface area contributed by atoms with E-state index in [0.717, 1.165) is 12.0 Å². The van der Waals surface area contributed by atoms with Crippen molar-refractivity contribution in [3.63, 3.8) is 0 Å². The van der Waals surface area contributed by atoms with Crippen molar-refractivity contribution < 1.29 is 14.9 Å². The monoisotopic (exact) mass is 295 g/mol. The summed E-state index contributed by atoms with van der Waals surface area (Å²) in [5.74, 6) is 0. The summed E-state index contributed by atoms with van der Waals surface area (Å²) in [7, 11) is 0. The third kappa shape index (κ3) is 8.83. The smallest absolute Gasteiger partial charge is 0.0914 e. The van der Waals surface area contributed by atoms with Gasteiger partial charge in [0.25, 0.3) is 0 Å². The molecule has 120 valence electrons. The Hall–Kier alpha value is -0.940. The molecule has 0 amide bonds. The minimum absolute atomic E-state index is 0.348. The number of nitrogens with one attached hydrogen (secondary N) is 1. The molecule has 0 aliphatic carbocycles. The highest BCUT2D eigenvalue weighted by Crippen LogP contribution is 2.10. The first-order chi connectivity index (χ1) is 10.2. The molecule has 2 atom stereocenters. The Bertz CT molecular complexity index is 345. The van der Waals surface area contributed by atoms with Crippen LogP contribution in [0.5, 0.6) is 0 Å². The lowest BCUT2D eigenvalue weighted by atomic mass is 10.1. The summed E-state index contributed by atoms with van der Waals surface area (Å²) in [5, 5.41) is 22.8. The van der Waals surface area contributed by atoms with E-state index in [4.69, 9.17) is 4.74 Å². The van der Waals surface area contributed by atoms with Crippen LogP contribution in [0.15, 0.2) is 30.3 Å². The maximum atomic E-state index is 9.95. The molecule has 3 N–H and O–H groups in total. The first-order valence-electron chi connectivity index (χ1n) is 7.93. The number of hydrogen-bond acceptors (Lipinski definition) is 4. The van der Waals surface area contributed by atoms with Crippen molar-refractivity contribution in [1.29, 1.82) is 0 Å². The molecule has 2 unspecified atom stereocenters. The zero-order valence-corrected chi connectivity index (χ0v) is 13.0. The second-order valence-corrected chi connectivity index (χ2v) is 5.37. The summed E-state index contributed by atoms with van der Waals surface area (Å²) >= 11 is 0. The number of rotatable bonds is 12. The van der Waals surface area contributed by atoms with Crippen molar-refractivity contribution in [2.75, 3.05) is 26.3 Å². The fraction of sp³-hybridized carbons (Fsp3) is 0.647. The van der Waals surface area contributed by atoms with Crippen molar-refractivity contribution in [2.45, 2.75) is 44.8 Å². The van der Waals surface area contributed by atoms with E-state index >= 15 is 0 Å². The fourth-order valence-electron chi connectivity index (χ4n) is 2.09. The highest BCUT2D eigenvalue weighted by Gasteiger charge is 2.08. The molecule has 4 heteroatoms.